The van der Waals surface area contributed by atoms with Gasteiger partial charge in [0.25, 0.3) is 0 Å². The van der Waals surface area contributed by atoms with Gasteiger partial charge in [0.2, 0.25) is 0 Å². The Labute approximate surface area is 113 Å². The molecule has 0 spiro atoms. The SMILES string of the molecule is C\C=C/C=C(\C=C(/C)CC/C=N\C(C)C)CCC. The van der Waals surface area contributed by atoms with Crippen molar-refractivity contribution in [3.63, 3.8) is 0 Å². The van der Waals surface area contributed by atoms with Gasteiger partial charge in [-0.3, -0.25) is 4.99 Å². The molecule has 0 aromatic carbocycles. The van der Waals surface area contributed by atoms with Crippen molar-refractivity contribution in [1.29, 1.82) is 0 Å². The van der Waals surface area contributed by atoms with Gasteiger partial charge in [-0.15, -0.1) is 0 Å². The van der Waals surface area contributed by atoms with Crippen LogP contribution in [0.2, 0.25) is 0 Å². The van der Waals surface area contributed by atoms with Gasteiger partial charge in [-0.25, -0.2) is 0 Å². The fourth-order valence-corrected chi connectivity index (χ4v) is 1.68. The van der Waals surface area contributed by atoms with Crippen LogP contribution in [0.15, 0.2) is 40.4 Å². The van der Waals surface area contributed by atoms with Crippen molar-refractivity contribution in [2.24, 2.45) is 4.99 Å². The van der Waals surface area contributed by atoms with E-state index in [0.29, 0.717) is 6.04 Å². The molecule has 0 N–H and O–H groups in total. The first-order valence-corrected chi connectivity index (χ1v) is 7.10. The molecule has 102 valence electrons. The van der Waals surface area contributed by atoms with E-state index in [1.54, 1.807) is 0 Å². The van der Waals surface area contributed by atoms with Crippen molar-refractivity contribution < 1.29 is 0 Å². The molecule has 18 heavy (non-hydrogen) atoms. The summed E-state index contributed by atoms with van der Waals surface area (Å²) in [6.45, 7) is 10.7. The lowest BCUT2D eigenvalue weighted by molar-refractivity contribution is 0.833. The molecule has 0 bridgehead atoms. The van der Waals surface area contributed by atoms with Crippen molar-refractivity contribution in [2.45, 2.75) is 66.3 Å². The fraction of sp³-hybridized carbons (Fsp3) is 0.588. The highest BCUT2D eigenvalue weighted by Gasteiger charge is 1.94. The molecule has 0 aromatic rings. The highest BCUT2D eigenvalue weighted by Crippen LogP contribution is 2.13. The zero-order chi connectivity index (χ0) is 13.8. The first kappa shape index (κ1) is 16.9. The maximum absolute atomic E-state index is 4.38. The molecule has 0 atom stereocenters. The third-order valence-electron chi connectivity index (χ3n) is 2.54. The van der Waals surface area contributed by atoms with Crippen molar-refractivity contribution in [3.05, 3.63) is 35.5 Å². The quantitative estimate of drug-likeness (QED) is 0.397. The van der Waals surface area contributed by atoms with Gasteiger partial charge in [-0.2, -0.15) is 0 Å². The molecule has 1 heteroatoms. The van der Waals surface area contributed by atoms with E-state index in [-0.39, 0.29) is 0 Å². The highest BCUT2D eigenvalue weighted by atomic mass is 14.7. The second-order valence-electron chi connectivity index (χ2n) is 4.97. The summed E-state index contributed by atoms with van der Waals surface area (Å²) in [6, 6.07) is 0.416. The second-order valence-corrected chi connectivity index (χ2v) is 4.97. The largest absolute Gasteiger partial charge is 0.295 e. The van der Waals surface area contributed by atoms with Gasteiger partial charge in [0, 0.05) is 6.04 Å². The van der Waals surface area contributed by atoms with Crippen LogP contribution in [-0.2, 0) is 0 Å². The van der Waals surface area contributed by atoms with E-state index in [4.69, 9.17) is 0 Å². The van der Waals surface area contributed by atoms with Crippen LogP contribution < -0.4 is 0 Å². The predicted octanol–water partition coefficient (Wildman–Crippen LogP) is 5.49. The minimum Gasteiger partial charge on any atom is -0.295 e. The van der Waals surface area contributed by atoms with Gasteiger partial charge < -0.3 is 0 Å². The fourth-order valence-electron chi connectivity index (χ4n) is 1.68. The average Bonchev–Trinajstić information content (AvgIpc) is 2.31. The number of allylic oxidation sites excluding steroid dienone is 6. The molecular weight excluding hydrogens is 218 g/mol. The summed E-state index contributed by atoms with van der Waals surface area (Å²) < 4.78 is 0. The third-order valence-corrected chi connectivity index (χ3v) is 2.54. The van der Waals surface area contributed by atoms with Crippen LogP contribution in [-0.4, -0.2) is 12.3 Å². The van der Waals surface area contributed by atoms with Crippen LogP contribution in [0.5, 0.6) is 0 Å². The first-order chi connectivity index (χ1) is 8.60. The van der Waals surface area contributed by atoms with Gasteiger partial charge in [-0.05, 0) is 58.7 Å². The van der Waals surface area contributed by atoms with E-state index in [9.17, 15) is 0 Å². The monoisotopic (exact) mass is 247 g/mol. The maximum Gasteiger partial charge on any atom is 0.0439 e. The number of nitrogens with zero attached hydrogens (tertiary/aromatic N) is 1. The predicted molar refractivity (Wildman–Crippen MR) is 84.4 cm³/mol. The second kappa shape index (κ2) is 11.0. The molecule has 0 aromatic heterocycles. The number of rotatable bonds is 8. The molecule has 0 heterocycles. The number of hydrogen-bond donors (Lipinski definition) is 0. The normalized spacial score (nSPS) is 14.3. The molecule has 0 unspecified atom stereocenters. The van der Waals surface area contributed by atoms with Crippen LogP contribution in [0.25, 0.3) is 0 Å². The minimum absolute atomic E-state index is 0.416. The molecule has 0 saturated heterocycles. The van der Waals surface area contributed by atoms with Crippen LogP contribution in [0.3, 0.4) is 0 Å². The summed E-state index contributed by atoms with van der Waals surface area (Å²) in [5.41, 5.74) is 2.86. The molecule has 0 aliphatic carbocycles. The zero-order valence-corrected chi connectivity index (χ0v) is 12.7. The Morgan fingerprint density at radius 2 is 1.94 bits per heavy atom. The van der Waals surface area contributed by atoms with Crippen LogP contribution in [0, 0.1) is 0 Å². The summed E-state index contributed by atoms with van der Waals surface area (Å²) in [5.74, 6) is 0. The van der Waals surface area contributed by atoms with Crippen LogP contribution in [0.1, 0.15) is 60.3 Å². The molecule has 0 rings (SSSR count). The van der Waals surface area contributed by atoms with E-state index in [2.05, 4.69) is 70.1 Å². The third kappa shape index (κ3) is 10.1. The summed E-state index contributed by atoms with van der Waals surface area (Å²) in [5, 5.41) is 0. The van der Waals surface area contributed by atoms with E-state index in [1.165, 1.54) is 17.6 Å². The molecule has 0 amide bonds. The molecule has 0 saturated carbocycles. The molecule has 0 aliphatic heterocycles. The summed E-state index contributed by atoms with van der Waals surface area (Å²) >= 11 is 0. The van der Waals surface area contributed by atoms with Gasteiger partial charge in [-0.1, -0.05) is 43.2 Å². The molecule has 1 nitrogen and oxygen atoms in total. The lowest BCUT2D eigenvalue weighted by Gasteiger charge is -2.03. The van der Waals surface area contributed by atoms with Crippen molar-refractivity contribution in [2.75, 3.05) is 0 Å². The van der Waals surface area contributed by atoms with Gasteiger partial charge in [0.15, 0.2) is 0 Å². The lowest BCUT2D eigenvalue weighted by atomic mass is 10.0. The van der Waals surface area contributed by atoms with Crippen molar-refractivity contribution in [1.82, 2.24) is 0 Å². The molecule has 0 radical (unpaired) electrons. The Kier molecular flexibility index (Phi) is 10.3. The average molecular weight is 247 g/mol. The van der Waals surface area contributed by atoms with Gasteiger partial charge in [0.1, 0.15) is 0 Å². The Bertz CT molecular complexity index is 317. The van der Waals surface area contributed by atoms with E-state index >= 15 is 0 Å². The van der Waals surface area contributed by atoms with E-state index in [1.807, 2.05) is 0 Å². The lowest BCUT2D eigenvalue weighted by Crippen LogP contribution is -1.89. The van der Waals surface area contributed by atoms with Gasteiger partial charge in [0.05, 0.1) is 0 Å². The Morgan fingerprint density at radius 3 is 2.50 bits per heavy atom. The highest BCUT2D eigenvalue weighted by molar-refractivity contribution is 5.57. The number of hydrogen-bond acceptors (Lipinski definition) is 1. The first-order valence-electron chi connectivity index (χ1n) is 7.10. The molecule has 0 fully saturated rings. The van der Waals surface area contributed by atoms with E-state index in [0.717, 1.165) is 19.3 Å². The smallest absolute Gasteiger partial charge is 0.0439 e. The molecular formula is C17H29N. The minimum atomic E-state index is 0.416. The Hall–Kier alpha value is -1.11. The zero-order valence-electron chi connectivity index (χ0n) is 12.7. The topological polar surface area (TPSA) is 12.4 Å². The van der Waals surface area contributed by atoms with Gasteiger partial charge >= 0.3 is 0 Å². The van der Waals surface area contributed by atoms with Crippen LogP contribution >= 0.6 is 0 Å². The van der Waals surface area contributed by atoms with Crippen LogP contribution in [0.4, 0.5) is 0 Å². The Balaban J connectivity index is 4.34. The standard InChI is InChI=1S/C17H29N/c1-6-8-12-17(10-7-2)14-16(5)11-9-13-18-15(3)4/h6,8,12-15H,7,9-11H2,1-5H3/b8-6-,16-14+,17-12-,18-13-. The summed E-state index contributed by atoms with van der Waals surface area (Å²) in [4.78, 5) is 4.38. The molecule has 0 aliphatic rings. The number of aliphatic imine (C=N–C) groups is 1. The summed E-state index contributed by atoms with van der Waals surface area (Å²) in [7, 11) is 0. The van der Waals surface area contributed by atoms with Crippen molar-refractivity contribution >= 4 is 6.21 Å². The summed E-state index contributed by atoms with van der Waals surface area (Å²) in [6.07, 6.45) is 15.3. The Morgan fingerprint density at radius 1 is 1.22 bits per heavy atom. The van der Waals surface area contributed by atoms with E-state index < -0.39 is 0 Å². The maximum atomic E-state index is 4.38. The van der Waals surface area contributed by atoms with Crippen molar-refractivity contribution in [3.8, 4) is 0 Å².